The summed E-state index contributed by atoms with van der Waals surface area (Å²) in [6.07, 6.45) is 0.972. The Labute approximate surface area is 73.4 Å². The SMILES string of the molecule is CC(C)Cc1ccccc1CF. The minimum atomic E-state index is -0.344. The summed E-state index contributed by atoms with van der Waals surface area (Å²) in [5.41, 5.74) is 1.99. The minimum absolute atomic E-state index is 0.344. The molecule has 0 bridgehead atoms. The fourth-order valence-corrected chi connectivity index (χ4v) is 1.33. The van der Waals surface area contributed by atoms with E-state index >= 15 is 0 Å². The monoisotopic (exact) mass is 166 g/mol. The lowest BCUT2D eigenvalue weighted by Crippen LogP contribution is -1.97. The Bertz CT molecular complexity index is 241. The van der Waals surface area contributed by atoms with Gasteiger partial charge in [-0.25, -0.2) is 4.39 Å². The van der Waals surface area contributed by atoms with Crippen LogP contribution in [0.1, 0.15) is 25.0 Å². The van der Waals surface area contributed by atoms with Crippen molar-refractivity contribution in [3.8, 4) is 0 Å². The molecule has 0 spiro atoms. The zero-order valence-corrected chi connectivity index (χ0v) is 7.68. The van der Waals surface area contributed by atoms with Crippen LogP contribution in [0.3, 0.4) is 0 Å². The lowest BCUT2D eigenvalue weighted by atomic mass is 9.99. The highest BCUT2D eigenvalue weighted by atomic mass is 19.1. The summed E-state index contributed by atoms with van der Waals surface area (Å²) in [7, 11) is 0. The summed E-state index contributed by atoms with van der Waals surface area (Å²) in [6.45, 7) is 3.95. The molecule has 0 aliphatic rings. The molecule has 0 saturated carbocycles. The standard InChI is InChI=1S/C11H15F/c1-9(2)7-10-5-3-4-6-11(10)8-12/h3-6,9H,7-8H2,1-2H3. The molecule has 1 aromatic rings. The first kappa shape index (κ1) is 9.24. The first-order valence-corrected chi connectivity index (χ1v) is 4.36. The van der Waals surface area contributed by atoms with Crippen molar-refractivity contribution in [2.75, 3.05) is 0 Å². The Morgan fingerprint density at radius 2 is 1.75 bits per heavy atom. The van der Waals surface area contributed by atoms with Crippen LogP contribution in [0.15, 0.2) is 24.3 Å². The molecule has 0 unspecified atom stereocenters. The highest BCUT2D eigenvalue weighted by Gasteiger charge is 2.02. The molecule has 0 amide bonds. The first-order chi connectivity index (χ1) is 5.74. The Hall–Kier alpha value is -0.850. The van der Waals surface area contributed by atoms with E-state index in [1.807, 2.05) is 24.3 Å². The summed E-state index contributed by atoms with van der Waals surface area (Å²) in [5, 5.41) is 0. The second kappa shape index (κ2) is 4.24. The van der Waals surface area contributed by atoms with Gasteiger partial charge in [0.25, 0.3) is 0 Å². The van der Waals surface area contributed by atoms with E-state index in [0.29, 0.717) is 5.92 Å². The molecule has 0 fully saturated rings. The summed E-state index contributed by atoms with van der Waals surface area (Å²) in [6, 6.07) is 7.72. The van der Waals surface area contributed by atoms with Gasteiger partial charge in [-0.1, -0.05) is 38.1 Å². The quantitative estimate of drug-likeness (QED) is 0.646. The summed E-state index contributed by atoms with van der Waals surface area (Å²) in [5.74, 6) is 0.595. The molecular weight excluding hydrogens is 151 g/mol. The van der Waals surface area contributed by atoms with Crippen LogP contribution in [0.4, 0.5) is 4.39 Å². The lowest BCUT2D eigenvalue weighted by Gasteiger charge is -2.08. The van der Waals surface area contributed by atoms with Gasteiger partial charge in [0, 0.05) is 0 Å². The number of halogens is 1. The number of benzene rings is 1. The first-order valence-electron chi connectivity index (χ1n) is 4.36. The van der Waals surface area contributed by atoms with E-state index in [0.717, 1.165) is 17.5 Å². The Kier molecular flexibility index (Phi) is 3.27. The van der Waals surface area contributed by atoms with Gasteiger partial charge < -0.3 is 0 Å². The maximum atomic E-state index is 12.4. The zero-order valence-electron chi connectivity index (χ0n) is 7.68. The van der Waals surface area contributed by atoms with Gasteiger partial charge in [-0.05, 0) is 23.5 Å². The number of hydrogen-bond acceptors (Lipinski definition) is 0. The highest BCUT2D eigenvalue weighted by molar-refractivity contribution is 5.26. The van der Waals surface area contributed by atoms with Crippen molar-refractivity contribution in [2.45, 2.75) is 26.9 Å². The molecule has 1 aromatic carbocycles. The van der Waals surface area contributed by atoms with E-state index in [1.165, 1.54) is 0 Å². The van der Waals surface area contributed by atoms with Crippen LogP contribution in [0.25, 0.3) is 0 Å². The largest absolute Gasteiger partial charge is 0.246 e. The van der Waals surface area contributed by atoms with Crippen molar-refractivity contribution >= 4 is 0 Å². The molecule has 0 heterocycles. The van der Waals surface area contributed by atoms with Crippen LogP contribution in [-0.4, -0.2) is 0 Å². The Morgan fingerprint density at radius 1 is 1.17 bits per heavy atom. The van der Waals surface area contributed by atoms with Crippen molar-refractivity contribution in [1.82, 2.24) is 0 Å². The van der Waals surface area contributed by atoms with Gasteiger partial charge in [0.2, 0.25) is 0 Å². The van der Waals surface area contributed by atoms with E-state index in [1.54, 1.807) is 0 Å². The number of rotatable bonds is 3. The predicted octanol–water partition coefficient (Wildman–Crippen LogP) is 3.35. The maximum Gasteiger partial charge on any atom is 0.115 e. The van der Waals surface area contributed by atoms with E-state index in [4.69, 9.17) is 0 Å². The minimum Gasteiger partial charge on any atom is -0.246 e. The fraction of sp³-hybridized carbons (Fsp3) is 0.455. The van der Waals surface area contributed by atoms with Crippen LogP contribution < -0.4 is 0 Å². The third kappa shape index (κ3) is 2.33. The van der Waals surface area contributed by atoms with Crippen molar-refractivity contribution in [3.63, 3.8) is 0 Å². The molecule has 0 N–H and O–H groups in total. The predicted molar refractivity (Wildman–Crippen MR) is 49.8 cm³/mol. The average molecular weight is 166 g/mol. The highest BCUT2D eigenvalue weighted by Crippen LogP contribution is 2.14. The molecule has 0 radical (unpaired) electrons. The van der Waals surface area contributed by atoms with Gasteiger partial charge in [-0.2, -0.15) is 0 Å². The molecule has 0 aliphatic carbocycles. The van der Waals surface area contributed by atoms with Gasteiger partial charge in [0.05, 0.1) is 0 Å². The van der Waals surface area contributed by atoms with Gasteiger partial charge in [-0.3, -0.25) is 0 Å². The van der Waals surface area contributed by atoms with Crippen LogP contribution in [0.5, 0.6) is 0 Å². The normalized spacial score (nSPS) is 10.7. The number of hydrogen-bond donors (Lipinski definition) is 0. The van der Waals surface area contributed by atoms with Crippen LogP contribution >= 0.6 is 0 Å². The van der Waals surface area contributed by atoms with E-state index in [-0.39, 0.29) is 6.67 Å². The van der Waals surface area contributed by atoms with Crippen molar-refractivity contribution in [3.05, 3.63) is 35.4 Å². The molecule has 0 aromatic heterocycles. The van der Waals surface area contributed by atoms with Crippen molar-refractivity contribution in [2.24, 2.45) is 5.92 Å². The van der Waals surface area contributed by atoms with Crippen LogP contribution in [0, 0.1) is 5.92 Å². The second-order valence-electron chi connectivity index (χ2n) is 3.50. The third-order valence-corrected chi connectivity index (χ3v) is 1.89. The Balaban J connectivity index is 2.82. The van der Waals surface area contributed by atoms with E-state index < -0.39 is 0 Å². The molecule has 0 aliphatic heterocycles. The topological polar surface area (TPSA) is 0 Å². The maximum absolute atomic E-state index is 12.4. The van der Waals surface area contributed by atoms with E-state index in [2.05, 4.69) is 13.8 Å². The van der Waals surface area contributed by atoms with Gasteiger partial charge in [-0.15, -0.1) is 0 Å². The molecule has 0 nitrogen and oxygen atoms in total. The summed E-state index contributed by atoms with van der Waals surface area (Å²) < 4.78 is 12.4. The third-order valence-electron chi connectivity index (χ3n) is 1.89. The van der Waals surface area contributed by atoms with Crippen molar-refractivity contribution < 1.29 is 4.39 Å². The average Bonchev–Trinajstić information content (AvgIpc) is 2.04. The number of alkyl halides is 1. The molecule has 1 rings (SSSR count). The van der Waals surface area contributed by atoms with E-state index in [9.17, 15) is 4.39 Å². The van der Waals surface area contributed by atoms with Crippen LogP contribution in [-0.2, 0) is 13.1 Å². The Morgan fingerprint density at radius 3 is 2.25 bits per heavy atom. The molecular formula is C11H15F. The van der Waals surface area contributed by atoms with Crippen LogP contribution in [0.2, 0.25) is 0 Å². The smallest absolute Gasteiger partial charge is 0.115 e. The summed E-state index contributed by atoms with van der Waals surface area (Å²) in [4.78, 5) is 0. The lowest BCUT2D eigenvalue weighted by molar-refractivity contribution is 0.479. The van der Waals surface area contributed by atoms with Crippen molar-refractivity contribution in [1.29, 1.82) is 0 Å². The second-order valence-corrected chi connectivity index (χ2v) is 3.50. The zero-order chi connectivity index (χ0) is 8.97. The summed E-state index contributed by atoms with van der Waals surface area (Å²) >= 11 is 0. The van der Waals surface area contributed by atoms with Gasteiger partial charge in [0.15, 0.2) is 0 Å². The molecule has 1 heteroatoms. The fourth-order valence-electron chi connectivity index (χ4n) is 1.33. The molecule has 66 valence electrons. The molecule has 0 atom stereocenters. The molecule has 12 heavy (non-hydrogen) atoms. The van der Waals surface area contributed by atoms with Gasteiger partial charge in [0.1, 0.15) is 6.67 Å². The van der Waals surface area contributed by atoms with Gasteiger partial charge >= 0.3 is 0 Å². The molecule has 0 saturated heterocycles.